The average molecular weight is 465 g/mol. The van der Waals surface area contributed by atoms with Gasteiger partial charge in [-0.3, -0.25) is 19.3 Å². The van der Waals surface area contributed by atoms with Gasteiger partial charge in [-0.15, -0.1) is 0 Å². The minimum Gasteiger partial charge on any atom is -0.450 e. The minimum absolute atomic E-state index is 0.229. The fourth-order valence-electron chi connectivity index (χ4n) is 2.90. The van der Waals surface area contributed by atoms with Crippen molar-refractivity contribution in [3.63, 3.8) is 0 Å². The van der Waals surface area contributed by atoms with Gasteiger partial charge in [-0.1, -0.05) is 23.4 Å². The molecule has 2 aromatic rings. The van der Waals surface area contributed by atoms with Gasteiger partial charge in [-0.2, -0.15) is 0 Å². The second-order valence-corrected chi connectivity index (χ2v) is 8.98. The molecule has 1 aromatic heterocycles. The van der Waals surface area contributed by atoms with Crippen LogP contribution in [0.5, 0.6) is 0 Å². The van der Waals surface area contributed by atoms with Crippen molar-refractivity contribution >= 4 is 58.3 Å². The summed E-state index contributed by atoms with van der Waals surface area (Å²) in [6.45, 7) is 1.58. The molecule has 156 valence electrons. The van der Waals surface area contributed by atoms with Crippen LogP contribution in [0.4, 0.5) is 4.79 Å². The first kappa shape index (κ1) is 21.0. The van der Waals surface area contributed by atoms with Crippen molar-refractivity contribution in [1.29, 1.82) is 0 Å². The van der Waals surface area contributed by atoms with Crippen LogP contribution in [0.1, 0.15) is 5.76 Å². The van der Waals surface area contributed by atoms with Crippen LogP contribution in [-0.2, 0) is 14.3 Å². The van der Waals surface area contributed by atoms with Gasteiger partial charge in [0.15, 0.2) is 5.09 Å². The number of benzene rings is 1. The first-order valence-corrected chi connectivity index (χ1v) is 11.1. The van der Waals surface area contributed by atoms with E-state index in [9.17, 15) is 14.4 Å². The summed E-state index contributed by atoms with van der Waals surface area (Å²) >= 11 is 8.11. The molecule has 0 unspecified atom stereocenters. The summed E-state index contributed by atoms with van der Waals surface area (Å²) in [6, 6.07) is 10.9. The van der Waals surface area contributed by atoms with E-state index in [2.05, 4.69) is 0 Å². The van der Waals surface area contributed by atoms with E-state index in [0.717, 1.165) is 21.6 Å². The van der Waals surface area contributed by atoms with Crippen molar-refractivity contribution in [1.82, 2.24) is 9.80 Å². The zero-order valence-electron chi connectivity index (χ0n) is 15.7. The Morgan fingerprint density at radius 2 is 1.87 bits per heavy atom. The van der Waals surface area contributed by atoms with Crippen LogP contribution in [0.15, 0.2) is 55.7 Å². The summed E-state index contributed by atoms with van der Waals surface area (Å²) in [5.74, 6) is -0.298. The zero-order valence-corrected chi connectivity index (χ0v) is 18.1. The Morgan fingerprint density at radius 3 is 2.60 bits per heavy atom. The normalized spacial score (nSPS) is 18.5. The molecule has 2 saturated heterocycles. The number of carbonyl (C=O) groups excluding carboxylic acids is 3. The van der Waals surface area contributed by atoms with Gasteiger partial charge in [0.1, 0.15) is 12.3 Å². The highest BCUT2D eigenvalue weighted by molar-refractivity contribution is 8.18. The number of thioether (sulfide) groups is 1. The van der Waals surface area contributed by atoms with E-state index in [1.807, 2.05) is 12.1 Å². The Labute approximate surface area is 186 Å². The van der Waals surface area contributed by atoms with Crippen LogP contribution >= 0.6 is 35.1 Å². The van der Waals surface area contributed by atoms with Crippen LogP contribution in [-0.4, -0.2) is 59.7 Å². The van der Waals surface area contributed by atoms with E-state index in [1.165, 1.54) is 17.8 Å². The third-order valence-corrected chi connectivity index (χ3v) is 6.53. The lowest BCUT2D eigenvalue weighted by Gasteiger charge is -2.27. The van der Waals surface area contributed by atoms with Crippen LogP contribution < -0.4 is 0 Å². The molecule has 1 aromatic carbocycles. The Kier molecular flexibility index (Phi) is 6.52. The molecule has 10 heteroatoms. The zero-order chi connectivity index (χ0) is 21.1. The van der Waals surface area contributed by atoms with Gasteiger partial charge in [0, 0.05) is 29.1 Å². The molecule has 0 spiro atoms. The molecule has 0 bridgehead atoms. The van der Waals surface area contributed by atoms with Crippen molar-refractivity contribution < 1.29 is 23.5 Å². The Hall–Kier alpha value is -2.20. The van der Waals surface area contributed by atoms with E-state index < -0.39 is 11.1 Å². The smallest absolute Gasteiger partial charge is 0.294 e. The lowest BCUT2D eigenvalue weighted by molar-refractivity contribution is -0.139. The summed E-state index contributed by atoms with van der Waals surface area (Å²) in [5, 5.41) is 0.836. The van der Waals surface area contributed by atoms with Gasteiger partial charge in [0.25, 0.3) is 11.1 Å². The van der Waals surface area contributed by atoms with E-state index >= 15 is 0 Å². The molecule has 0 N–H and O–H groups in total. The first-order valence-electron chi connectivity index (χ1n) is 9.14. The molecule has 3 amide bonds. The van der Waals surface area contributed by atoms with Gasteiger partial charge in [0.2, 0.25) is 5.91 Å². The number of imide groups is 1. The molecule has 3 heterocycles. The van der Waals surface area contributed by atoms with Crippen molar-refractivity contribution in [2.75, 3.05) is 32.8 Å². The highest BCUT2D eigenvalue weighted by atomic mass is 35.5. The number of rotatable bonds is 5. The predicted octanol–water partition coefficient (Wildman–Crippen LogP) is 3.98. The summed E-state index contributed by atoms with van der Waals surface area (Å²) in [4.78, 5) is 41.0. The molecule has 2 aliphatic rings. The van der Waals surface area contributed by atoms with Crippen molar-refractivity contribution in [3.05, 3.63) is 52.1 Å². The fraction of sp³-hybridized carbons (Fsp3) is 0.250. The molecular formula is C20H17ClN2O5S2. The summed E-state index contributed by atoms with van der Waals surface area (Å²) in [5.41, 5.74) is 0. The van der Waals surface area contributed by atoms with E-state index in [-0.39, 0.29) is 17.4 Å². The van der Waals surface area contributed by atoms with Crippen LogP contribution in [0.2, 0.25) is 5.02 Å². The molecule has 4 rings (SSSR count). The number of carbonyl (C=O) groups is 3. The molecule has 7 nitrogen and oxygen atoms in total. The maximum Gasteiger partial charge on any atom is 0.294 e. The summed E-state index contributed by atoms with van der Waals surface area (Å²) < 4.78 is 11.0. The molecule has 2 fully saturated rings. The molecular weight excluding hydrogens is 448 g/mol. The van der Waals surface area contributed by atoms with Crippen LogP contribution in [0.25, 0.3) is 6.08 Å². The van der Waals surface area contributed by atoms with Gasteiger partial charge in [0.05, 0.1) is 18.1 Å². The second kappa shape index (κ2) is 9.30. The molecule has 0 aliphatic carbocycles. The molecule has 2 aliphatic heterocycles. The number of furan rings is 1. The topological polar surface area (TPSA) is 80.1 Å². The maximum atomic E-state index is 12.6. The van der Waals surface area contributed by atoms with E-state index in [1.54, 1.807) is 29.2 Å². The number of morpholine rings is 1. The molecule has 0 atom stereocenters. The lowest BCUT2D eigenvalue weighted by Crippen LogP contribution is -2.46. The number of halogens is 1. The third-order valence-electron chi connectivity index (χ3n) is 4.44. The van der Waals surface area contributed by atoms with E-state index in [0.29, 0.717) is 42.2 Å². The SMILES string of the molecule is O=C(CN1C(=O)S/C(=C/c2ccc(Sc3ccc(Cl)cc3)o2)C1=O)N1CCOCC1. The van der Waals surface area contributed by atoms with Crippen molar-refractivity contribution in [3.8, 4) is 0 Å². The molecule has 30 heavy (non-hydrogen) atoms. The quantitative estimate of drug-likeness (QED) is 0.619. The number of amides is 3. The Bertz CT molecular complexity index is 999. The van der Waals surface area contributed by atoms with Gasteiger partial charge >= 0.3 is 0 Å². The van der Waals surface area contributed by atoms with Crippen molar-refractivity contribution in [2.45, 2.75) is 9.99 Å². The van der Waals surface area contributed by atoms with Crippen molar-refractivity contribution in [2.24, 2.45) is 0 Å². The number of ether oxygens (including phenoxy) is 1. The largest absolute Gasteiger partial charge is 0.450 e. The van der Waals surface area contributed by atoms with Gasteiger partial charge < -0.3 is 14.1 Å². The Balaban J connectivity index is 1.41. The summed E-state index contributed by atoms with van der Waals surface area (Å²) in [6.07, 6.45) is 1.52. The number of hydrogen-bond acceptors (Lipinski definition) is 7. The monoisotopic (exact) mass is 464 g/mol. The third kappa shape index (κ3) is 4.92. The second-order valence-electron chi connectivity index (χ2n) is 6.47. The summed E-state index contributed by atoms with van der Waals surface area (Å²) in [7, 11) is 0. The average Bonchev–Trinajstić information content (AvgIpc) is 3.29. The predicted molar refractivity (Wildman–Crippen MR) is 114 cm³/mol. The first-order chi connectivity index (χ1) is 14.5. The van der Waals surface area contributed by atoms with Gasteiger partial charge in [-0.05, 0) is 48.2 Å². The lowest BCUT2D eigenvalue weighted by atomic mass is 10.3. The number of hydrogen-bond donors (Lipinski definition) is 0. The standard InChI is InChI=1S/C20H17ClN2O5S2/c21-13-1-4-15(5-2-13)29-18-6-3-14(28-18)11-16-19(25)23(20(26)30-16)12-17(24)22-7-9-27-10-8-22/h1-6,11H,7-10,12H2/b16-11+. The van der Waals surface area contributed by atoms with Crippen LogP contribution in [0, 0.1) is 0 Å². The minimum atomic E-state index is -0.491. The molecule has 0 radical (unpaired) electrons. The van der Waals surface area contributed by atoms with E-state index in [4.69, 9.17) is 20.8 Å². The molecule has 0 saturated carbocycles. The highest BCUT2D eigenvalue weighted by Gasteiger charge is 2.37. The maximum absolute atomic E-state index is 12.6. The number of nitrogens with zero attached hydrogens (tertiary/aromatic N) is 2. The van der Waals surface area contributed by atoms with Gasteiger partial charge in [-0.25, -0.2) is 0 Å². The Morgan fingerprint density at radius 1 is 1.13 bits per heavy atom. The van der Waals surface area contributed by atoms with Crippen LogP contribution in [0.3, 0.4) is 0 Å². The fourth-order valence-corrected chi connectivity index (χ4v) is 4.62. The highest BCUT2D eigenvalue weighted by Crippen LogP contribution is 2.34.